The first-order valence-electron chi connectivity index (χ1n) is 6.77. The molecule has 1 saturated carbocycles. The smallest absolute Gasteiger partial charge is 0.341 e. The number of H-pyrrole nitrogens is 2. The zero-order chi connectivity index (χ0) is 14.8. The Balaban J connectivity index is 1.78. The summed E-state index contributed by atoms with van der Waals surface area (Å²) in [5.41, 5.74) is 0.525. The standard InChI is InChI=1S/C14H16N4O3/c1-21-10-6-4-9(5-7-10)11(8-2-3-8)15-13(19)12-16-14(20)18-17-12/h4-8,11H,2-3H2,1H3,(H,15,19)(H2,16,17,18,20)/t11-/m0/s1. The fraction of sp³-hybridized carbons (Fsp3) is 0.357. The monoisotopic (exact) mass is 288 g/mol. The Hall–Kier alpha value is -2.57. The molecular formula is C14H16N4O3. The predicted octanol–water partition coefficient (Wildman–Crippen LogP) is 0.988. The van der Waals surface area contributed by atoms with Crippen LogP contribution in [-0.4, -0.2) is 28.2 Å². The van der Waals surface area contributed by atoms with Crippen LogP contribution in [0, 0.1) is 5.92 Å². The van der Waals surface area contributed by atoms with Crippen LogP contribution in [0.3, 0.4) is 0 Å². The maximum Gasteiger partial charge on any atom is 0.341 e. The maximum absolute atomic E-state index is 12.1. The number of rotatable bonds is 5. The molecule has 1 atom stereocenters. The third-order valence-corrected chi connectivity index (χ3v) is 3.57. The molecule has 3 rings (SSSR count). The van der Waals surface area contributed by atoms with E-state index in [2.05, 4.69) is 20.5 Å². The first-order chi connectivity index (χ1) is 10.2. The van der Waals surface area contributed by atoms with Crippen LogP contribution < -0.4 is 15.7 Å². The fourth-order valence-corrected chi connectivity index (χ4v) is 2.30. The number of methoxy groups -OCH3 is 1. The van der Waals surface area contributed by atoms with E-state index in [-0.39, 0.29) is 17.8 Å². The molecule has 0 saturated heterocycles. The molecule has 2 aromatic rings. The molecule has 0 bridgehead atoms. The van der Waals surface area contributed by atoms with Gasteiger partial charge in [0.15, 0.2) is 0 Å². The molecule has 0 unspecified atom stereocenters. The van der Waals surface area contributed by atoms with Gasteiger partial charge in [-0.2, -0.15) is 0 Å². The zero-order valence-electron chi connectivity index (χ0n) is 11.6. The van der Waals surface area contributed by atoms with Crippen molar-refractivity contribution in [2.75, 3.05) is 7.11 Å². The van der Waals surface area contributed by atoms with Crippen molar-refractivity contribution in [3.8, 4) is 5.75 Å². The van der Waals surface area contributed by atoms with Gasteiger partial charge in [0, 0.05) is 0 Å². The first kappa shape index (κ1) is 13.4. The van der Waals surface area contributed by atoms with Gasteiger partial charge in [-0.3, -0.25) is 9.78 Å². The number of aromatic amines is 2. The van der Waals surface area contributed by atoms with Crippen molar-refractivity contribution in [3.63, 3.8) is 0 Å². The van der Waals surface area contributed by atoms with Crippen molar-refractivity contribution < 1.29 is 9.53 Å². The lowest BCUT2D eigenvalue weighted by atomic mass is 10.0. The minimum atomic E-state index is -0.493. The second-order valence-corrected chi connectivity index (χ2v) is 5.09. The molecule has 3 N–H and O–H groups in total. The molecule has 1 aliphatic carbocycles. The summed E-state index contributed by atoms with van der Waals surface area (Å²) in [6.07, 6.45) is 2.15. The Morgan fingerprint density at radius 1 is 1.38 bits per heavy atom. The highest BCUT2D eigenvalue weighted by molar-refractivity contribution is 5.90. The van der Waals surface area contributed by atoms with Gasteiger partial charge in [-0.1, -0.05) is 12.1 Å². The highest BCUT2D eigenvalue weighted by Crippen LogP contribution is 2.41. The van der Waals surface area contributed by atoms with Crippen LogP contribution >= 0.6 is 0 Å². The highest BCUT2D eigenvalue weighted by atomic mass is 16.5. The van der Waals surface area contributed by atoms with E-state index in [1.54, 1.807) is 7.11 Å². The second-order valence-electron chi connectivity index (χ2n) is 5.09. The summed E-state index contributed by atoms with van der Waals surface area (Å²) in [5, 5.41) is 8.76. The molecule has 21 heavy (non-hydrogen) atoms. The summed E-state index contributed by atoms with van der Waals surface area (Å²) in [6, 6.07) is 7.54. The molecule has 1 aromatic heterocycles. The van der Waals surface area contributed by atoms with Crippen LogP contribution in [0.2, 0.25) is 0 Å². The number of nitrogens with zero attached hydrogens (tertiary/aromatic N) is 1. The van der Waals surface area contributed by atoms with E-state index in [0.29, 0.717) is 5.92 Å². The van der Waals surface area contributed by atoms with E-state index in [1.807, 2.05) is 24.3 Å². The topological polar surface area (TPSA) is 99.9 Å². The minimum Gasteiger partial charge on any atom is -0.497 e. The van der Waals surface area contributed by atoms with Crippen molar-refractivity contribution in [3.05, 3.63) is 46.1 Å². The van der Waals surface area contributed by atoms with Crippen molar-refractivity contribution in [1.82, 2.24) is 20.5 Å². The molecule has 1 heterocycles. The van der Waals surface area contributed by atoms with Crippen molar-refractivity contribution >= 4 is 5.91 Å². The number of hydrogen-bond acceptors (Lipinski definition) is 4. The Labute approximate surface area is 120 Å². The fourth-order valence-electron chi connectivity index (χ4n) is 2.30. The van der Waals surface area contributed by atoms with Crippen molar-refractivity contribution in [2.24, 2.45) is 5.92 Å². The molecular weight excluding hydrogens is 272 g/mol. The van der Waals surface area contributed by atoms with Gasteiger partial charge in [0.05, 0.1) is 13.2 Å². The number of aromatic nitrogens is 3. The van der Waals surface area contributed by atoms with Gasteiger partial charge >= 0.3 is 5.69 Å². The Kier molecular flexibility index (Phi) is 3.47. The molecule has 7 heteroatoms. The van der Waals surface area contributed by atoms with Crippen LogP contribution in [-0.2, 0) is 0 Å². The first-order valence-corrected chi connectivity index (χ1v) is 6.77. The quantitative estimate of drug-likeness (QED) is 0.763. The van der Waals surface area contributed by atoms with Crippen LogP contribution in [0.25, 0.3) is 0 Å². The third-order valence-electron chi connectivity index (χ3n) is 3.57. The lowest BCUT2D eigenvalue weighted by molar-refractivity contribution is 0.0921. The molecule has 1 aromatic carbocycles. The van der Waals surface area contributed by atoms with Crippen LogP contribution in [0.15, 0.2) is 29.1 Å². The SMILES string of the molecule is COc1ccc([C@@H](NC(=O)c2n[nH]c(=O)[nH]2)C2CC2)cc1. The van der Waals surface area contributed by atoms with Gasteiger partial charge in [-0.05, 0) is 36.5 Å². The van der Waals surface area contributed by atoms with Crippen LogP contribution in [0.1, 0.15) is 35.1 Å². The second kappa shape index (κ2) is 5.43. The third kappa shape index (κ3) is 2.96. The van der Waals surface area contributed by atoms with Crippen molar-refractivity contribution in [2.45, 2.75) is 18.9 Å². The molecule has 1 amide bonds. The predicted molar refractivity (Wildman–Crippen MR) is 75.1 cm³/mol. The molecule has 1 aliphatic rings. The largest absolute Gasteiger partial charge is 0.497 e. The summed E-state index contributed by atoms with van der Waals surface area (Å²) in [7, 11) is 1.61. The van der Waals surface area contributed by atoms with Gasteiger partial charge < -0.3 is 10.1 Å². The number of benzene rings is 1. The lowest BCUT2D eigenvalue weighted by Gasteiger charge is -2.18. The summed E-state index contributed by atoms with van der Waals surface area (Å²) >= 11 is 0. The van der Waals surface area contributed by atoms with E-state index in [4.69, 9.17) is 4.74 Å². The van der Waals surface area contributed by atoms with E-state index >= 15 is 0 Å². The molecule has 0 radical (unpaired) electrons. The minimum absolute atomic E-state index is 0.000776. The van der Waals surface area contributed by atoms with Gasteiger partial charge in [-0.25, -0.2) is 9.89 Å². The summed E-state index contributed by atoms with van der Waals surface area (Å²) in [5.74, 6) is 0.810. The van der Waals surface area contributed by atoms with Crippen LogP contribution in [0.4, 0.5) is 0 Å². The summed E-state index contributed by atoms with van der Waals surface area (Å²) in [6.45, 7) is 0. The van der Waals surface area contributed by atoms with Gasteiger partial charge in [0.2, 0.25) is 5.82 Å². The number of carbonyl (C=O) groups is 1. The summed E-state index contributed by atoms with van der Waals surface area (Å²) in [4.78, 5) is 25.5. The zero-order valence-corrected chi connectivity index (χ0v) is 11.6. The normalized spacial score (nSPS) is 15.5. The molecule has 7 nitrogen and oxygen atoms in total. The molecule has 0 spiro atoms. The average molecular weight is 288 g/mol. The molecule has 110 valence electrons. The number of nitrogens with one attached hydrogen (secondary N) is 3. The van der Waals surface area contributed by atoms with Gasteiger partial charge in [0.25, 0.3) is 5.91 Å². The van der Waals surface area contributed by atoms with E-state index < -0.39 is 5.69 Å². The Bertz CT molecular complexity index is 685. The van der Waals surface area contributed by atoms with E-state index in [1.165, 1.54) is 0 Å². The Morgan fingerprint density at radius 2 is 2.10 bits per heavy atom. The van der Waals surface area contributed by atoms with Gasteiger partial charge in [0.1, 0.15) is 5.75 Å². The lowest BCUT2D eigenvalue weighted by Crippen LogP contribution is -2.31. The Morgan fingerprint density at radius 3 is 2.62 bits per heavy atom. The van der Waals surface area contributed by atoms with Crippen LogP contribution in [0.5, 0.6) is 5.75 Å². The number of ether oxygens (including phenoxy) is 1. The van der Waals surface area contributed by atoms with E-state index in [9.17, 15) is 9.59 Å². The van der Waals surface area contributed by atoms with E-state index in [0.717, 1.165) is 24.2 Å². The summed E-state index contributed by atoms with van der Waals surface area (Å²) < 4.78 is 5.14. The number of hydrogen-bond donors (Lipinski definition) is 3. The number of carbonyl (C=O) groups excluding carboxylic acids is 1. The molecule has 1 fully saturated rings. The molecule has 0 aliphatic heterocycles. The highest BCUT2D eigenvalue weighted by Gasteiger charge is 2.34. The number of amides is 1. The van der Waals surface area contributed by atoms with Crippen molar-refractivity contribution in [1.29, 1.82) is 0 Å². The van der Waals surface area contributed by atoms with Gasteiger partial charge in [-0.15, -0.1) is 5.10 Å². The maximum atomic E-state index is 12.1. The average Bonchev–Trinajstić information content (AvgIpc) is 3.25.